The average molecular weight is 1110 g/mol. The second-order valence-corrected chi connectivity index (χ2v) is 23.1. The summed E-state index contributed by atoms with van der Waals surface area (Å²) in [6, 6.07) is 18.0. The van der Waals surface area contributed by atoms with Crippen molar-refractivity contribution in [1.82, 2.24) is 0 Å². The molecule has 78 heavy (non-hydrogen) atoms. The van der Waals surface area contributed by atoms with Crippen molar-refractivity contribution < 1.29 is 21.2 Å². The van der Waals surface area contributed by atoms with E-state index in [0.29, 0.717) is 11.8 Å². The fraction of sp³-hybridized carbons (Fsp3) is 0.680. The van der Waals surface area contributed by atoms with E-state index in [1.54, 1.807) is 15.8 Å². The summed E-state index contributed by atoms with van der Waals surface area (Å²) in [7, 11) is 0. The van der Waals surface area contributed by atoms with Gasteiger partial charge in [-0.3, -0.25) is 0 Å². The first-order valence-corrected chi connectivity index (χ1v) is 32.9. The van der Waals surface area contributed by atoms with Gasteiger partial charge in [-0.1, -0.05) is 287 Å². The van der Waals surface area contributed by atoms with E-state index in [4.69, 9.17) is 0 Å². The number of benzene rings is 2. The van der Waals surface area contributed by atoms with Crippen molar-refractivity contribution >= 4 is 11.4 Å². The molecule has 1 aliphatic heterocycles. The fourth-order valence-electron chi connectivity index (χ4n) is 11.7. The molecule has 0 fully saturated rings. The Hall–Kier alpha value is -2.95. The summed E-state index contributed by atoms with van der Waals surface area (Å²) >= 11 is 0. The number of unbranched alkanes of at least 4 members (excludes halogenated alkanes) is 26. The van der Waals surface area contributed by atoms with Gasteiger partial charge in [-0.2, -0.15) is 0 Å². The van der Waals surface area contributed by atoms with Gasteiger partial charge in [0.05, 0.1) is 5.56 Å². The van der Waals surface area contributed by atoms with Crippen molar-refractivity contribution in [2.45, 2.75) is 319 Å². The van der Waals surface area contributed by atoms with Crippen LogP contribution in [0.25, 0.3) is 16.9 Å². The molecule has 2 unspecified atom stereocenters. The molecule has 1 heterocycles. The van der Waals surface area contributed by atoms with E-state index in [0.717, 1.165) is 99.6 Å². The molecule has 1 aliphatic rings. The Balaban J connectivity index is 0.0000198. The van der Waals surface area contributed by atoms with Gasteiger partial charge in [0, 0.05) is 17.6 Å². The van der Waals surface area contributed by atoms with Gasteiger partial charge in [0.1, 0.15) is 5.57 Å². The molecule has 0 aromatic heterocycles. The SMILES string of the molecule is CCCCCC#CC1=C(c2ccccc2CCC(C=C(CC)CCCCCCCCCCCCC)CC)[N+](=[N-])C(c2ccccc2CCC(C=C(CC)CCCCCCCCCCCCC)CC)=C1CCCCCC.[CH3-].[CH3-].[Ni+2]. The molecular formula is C75H124N2Ni. The average Bonchev–Trinajstić information content (AvgIpc) is 3.70. The fourth-order valence-corrected chi connectivity index (χ4v) is 11.7. The third-order valence-electron chi connectivity index (χ3n) is 16.9. The Morgan fingerprint density at radius 2 is 0.808 bits per heavy atom. The summed E-state index contributed by atoms with van der Waals surface area (Å²) in [5.74, 6) is 8.57. The number of hydrogen-bond donors (Lipinski definition) is 0. The maximum Gasteiger partial charge on any atom is 2.00 e. The molecular weight excluding hydrogens is 988 g/mol. The van der Waals surface area contributed by atoms with Crippen LogP contribution in [0.2, 0.25) is 0 Å². The summed E-state index contributed by atoms with van der Waals surface area (Å²) in [4.78, 5) is 0. The van der Waals surface area contributed by atoms with Crippen molar-refractivity contribution in [1.29, 1.82) is 0 Å². The van der Waals surface area contributed by atoms with Gasteiger partial charge in [-0.15, -0.1) is 0 Å². The van der Waals surface area contributed by atoms with Gasteiger partial charge in [-0.25, -0.2) is 4.70 Å². The predicted octanol–water partition coefficient (Wildman–Crippen LogP) is 25.3. The quantitative estimate of drug-likeness (QED) is 0.0158. The number of allylic oxidation sites excluding steroid dienone is 6. The molecule has 0 amide bonds. The first-order valence-electron chi connectivity index (χ1n) is 32.9. The molecule has 444 valence electrons. The van der Waals surface area contributed by atoms with E-state index in [-0.39, 0.29) is 31.3 Å². The van der Waals surface area contributed by atoms with Crippen molar-refractivity contribution in [2.75, 3.05) is 0 Å². The zero-order valence-electron chi connectivity index (χ0n) is 53.1. The molecule has 0 saturated carbocycles. The third kappa shape index (κ3) is 30.2. The normalized spacial score (nSPS) is 13.5. The van der Waals surface area contributed by atoms with Crippen LogP contribution in [0.4, 0.5) is 0 Å². The number of aryl methyl sites for hydroxylation is 2. The minimum absolute atomic E-state index is 0. The Labute approximate surface area is 497 Å². The van der Waals surface area contributed by atoms with Crippen LogP contribution >= 0.6 is 0 Å². The van der Waals surface area contributed by atoms with Gasteiger partial charge in [0.25, 0.3) is 0 Å². The molecule has 0 saturated heterocycles. The van der Waals surface area contributed by atoms with Crippen molar-refractivity contribution in [3.8, 4) is 11.8 Å². The molecule has 0 radical (unpaired) electrons. The van der Waals surface area contributed by atoms with Gasteiger partial charge in [-0.05, 0) is 131 Å². The van der Waals surface area contributed by atoms with Crippen LogP contribution < -0.4 is 0 Å². The summed E-state index contributed by atoms with van der Waals surface area (Å²) in [6.45, 7) is 18.7. The predicted molar refractivity (Wildman–Crippen MR) is 347 cm³/mol. The molecule has 2 nitrogen and oxygen atoms in total. The minimum atomic E-state index is 0. The molecule has 3 heteroatoms. The standard InChI is InChI=1S/C73H118N2.2CH3.Ni/c1-9-17-21-25-27-29-31-33-35-38-40-48-62(13-5)60-64(15-7)56-58-66-50-44-46-52-68(66)72-70(54-42-24-20-12-4)71(55-43-37-23-19-11-3)73(75(72)74)69-53-47-45-51-67(69)59-57-65(16-8)61-63(14-6)49-41-39-36-34-32-30-28-26-22-18-10-2;;;/h44-47,50-53,60-61,64-65H,9-42,48-49,54,56-59H2,1-8H3;2*1H3;/q;2*-1;+2. The second-order valence-electron chi connectivity index (χ2n) is 23.1. The summed E-state index contributed by atoms with van der Waals surface area (Å²) < 4.78 is 1.61. The summed E-state index contributed by atoms with van der Waals surface area (Å²) in [5.41, 5.74) is 25.4. The molecule has 3 rings (SSSR count). The maximum atomic E-state index is 13.0. The van der Waals surface area contributed by atoms with Crippen LogP contribution in [0.3, 0.4) is 0 Å². The Morgan fingerprint density at radius 1 is 0.449 bits per heavy atom. The van der Waals surface area contributed by atoms with Gasteiger partial charge < -0.3 is 20.4 Å². The molecule has 2 atom stereocenters. The van der Waals surface area contributed by atoms with Crippen molar-refractivity contribution in [2.24, 2.45) is 11.8 Å². The van der Waals surface area contributed by atoms with Crippen LogP contribution in [-0.2, 0) is 29.3 Å². The van der Waals surface area contributed by atoms with Crippen LogP contribution in [0.5, 0.6) is 0 Å². The topological polar surface area (TPSA) is 25.3 Å². The van der Waals surface area contributed by atoms with E-state index >= 15 is 0 Å². The van der Waals surface area contributed by atoms with E-state index in [9.17, 15) is 5.53 Å². The van der Waals surface area contributed by atoms with E-state index < -0.39 is 0 Å². The summed E-state index contributed by atoms with van der Waals surface area (Å²) in [5, 5.41) is 0. The first-order chi connectivity index (χ1) is 36.9. The molecule has 0 N–H and O–H groups in total. The summed E-state index contributed by atoms with van der Waals surface area (Å²) in [6.07, 6.45) is 57.5. The van der Waals surface area contributed by atoms with Crippen molar-refractivity contribution in [3.63, 3.8) is 0 Å². The zero-order chi connectivity index (χ0) is 54.0. The second kappa shape index (κ2) is 49.8. The number of nitrogens with zero attached hydrogens (tertiary/aromatic N) is 2. The smallest absolute Gasteiger partial charge is 0.493 e. The Kier molecular flexibility index (Phi) is 48.0. The molecule has 0 bridgehead atoms. The molecule has 0 spiro atoms. The van der Waals surface area contributed by atoms with Gasteiger partial charge in [0.2, 0.25) is 11.4 Å². The van der Waals surface area contributed by atoms with Crippen molar-refractivity contribution in [3.05, 3.63) is 126 Å². The number of hydrogen-bond acceptors (Lipinski definition) is 0. The molecule has 0 aliphatic carbocycles. The number of rotatable bonds is 46. The Bertz CT molecular complexity index is 2000. The van der Waals surface area contributed by atoms with Crippen LogP contribution in [-0.4, -0.2) is 4.70 Å². The van der Waals surface area contributed by atoms with Gasteiger partial charge in [0.15, 0.2) is 0 Å². The van der Waals surface area contributed by atoms with Crippen LogP contribution in [0, 0.1) is 38.5 Å². The Morgan fingerprint density at radius 3 is 1.21 bits per heavy atom. The first kappa shape index (κ1) is 75.1. The zero-order valence-corrected chi connectivity index (χ0v) is 54.1. The third-order valence-corrected chi connectivity index (χ3v) is 16.9. The molecule has 2 aromatic rings. The monoisotopic (exact) mass is 1110 g/mol. The van der Waals surface area contributed by atoms with Crippen LogP contribution in [0.15, 0.2) is 83.0 Å². The van der Waals surface area contributed by atoms with Crippen LogP contribution in [0.1, 0.15) is 328 Å². The van der Waals surface area contributed by atoms with E-state index in [1.807, 2.05) is 0 Å². The van der Waals surface area contributed by atoms with Gasteiger partial charge >= 0.3 is 16.5 Å². The van der Waals surface area contributed by atoms with E-state index in [2.05, 4.69) is 128 Å². The largest absolute Gasteiger partial charge is 2.00 e. The van der Waals surface area contributed by atoms with E-state index in [1.165, 1.54) is 208 Å². The molecule has 2 aromatic carbocycles. The maximum absolute atomic E-state index is 13.0. The minimum Gasteiger partial charge on any atom is -0.493 e.